The lowest BCUT2D eigenvalue weighted by Crippen LogP contribution is -2.22. The smallest absolute Gasteiger partial charge is 0.173 e. The zero-order valence-electron chi connectivity index (χ0n) is 13.9. The summed E-state index contributed by atoms with van der Waals surface area (Å²) in [6.07, 6.45) is 8.53. The molecule has 2 rings (SSSR count). The minimum atomic E-state index is -0.421. The molecule has 2 N–H and O–H groups in total. The molecular weight excluding hydrogens is 370 g/mol. The normalized spacial score (nSPS) is 11.3. The summed E-state index contributed by atoms with van der Waals surface area (Å²) in [5.74, 6) is 0.0856. The number of halogens is 1. The molecule has 130 valence electrons. The number of pyridine rings is 2. The lowest BCUT2D eigenvalue weighted by molar-refractivity contribution is 0.102. The van der Waals surface area contributed by atoms with Crippen molar-refractivity contribution in [1.82, 2.24) is 15.3 Å². The summed E-state index contributed by atoms with van der Waals surface area (Å²) in [6.45, 7) is 3.74. The first-order valence-electron chi connectivity index (χ1n) is 7.97. The van der Waals surface area contributed by atoms with E-state index in [2.05, 4.69) is 38.1 Å². The molecule has 0 bridgehead atoms. The summed E-state index contributed by atoms with van der Waals surface area (Å²) in [6, 6.07) is 7.07. The van der Waals surface area contributed by atoms with E-state index in [1.165, 1.54) is 6.42 Å². The Morgan fingerprint density at radius 1 is 1.17 bits per heavy atom. The first-order chi connectivity index (χ1) is 11.7. The van der Waals surface area contributed by atoms with Crippen LogP contribution in [-0.2, 0) is 0 Å². The van der Waals surface area contributed by atoms with Gasteiger partial charge in [0.15, 0.2) is 5.78 Å². The van der Waals surface area contributed by atoms with Gasteiger partial charge in [-0.2, -0.15) is 0 Å². The number of aliphatic hydroxyl groups excluding tert-OH is 1. The molecule has 0 saturated heterocycles. The SMILES string of the molecule is CCCCNCC(O)c1ccncc1.O=C(CBr)c1ccncc1. The summed E-state index contributed by atoms with van der Waals surface area (Å²) in [4.78, 5) is 18.6. The topological polar surface area (TPSA) is 75.1 Å². The van der Waals surface area contributed by atoms with E-state index in [0.29, 0.717) is 17.4 Å². The largest absolute Gasteiger partial charge is 0.387 e. The zero-order chi connectivity index (χ0) is 17.6. The van der Waals surface area contributed by atoms with Gasteiger partial charge in [0.05, 0.1) is 11.4 Å². The number of carbonyl (C=O) groups excluding carboxylic acids is 1. The Morgan fingerprint density at radius 2 is 1.75 bits per heavy atom. The van der Waals surface area contributed by atoms with E-state index in [1.807, 2.05) is 12.1 Å². The van der Waals surface area contributed by atoms with E-state index in [1.54, 1.807) is 36.9 Å². The lowest BCUT2D eigenvalue weighted by atomic mass is 10.1. The number of carbonyl (C=O) groups is 1. The molecule has 0 fully saturated rings. The average Bonchev–Trinajstić information content (AvgIpc) is 2.66. The first-order valence-corrected chi connectivity index (χ1v) is 9.09. The van der Waals surface area contributed by atoms with Crippen LogP contribution in [0.15, 0.2) is 49.1 Å². The quantitative estimate of drug-likeness (QED) is 0.409. The van der Waals surface area contributed by atoms with E-state index in [9.17, 15) is 9.90 Å². The van der Waals surface area contributed by atoms with Crippen molar-refractivity contribution in [2.45, 2.75) is 25.9 Å². The second kappa shape index (κ2) is 12.8. The summed E-state index contributed by atoms with van der Waals surface area (Å²) >= 11 is 3.08. The van der Waals surface area contributed by atoms with Crippen LogP contribution >= 0.6 is 15.9 Å². The highest BCUT2D eigenvalue weighted by Gasteiger charge is 2.05. The Bertz CT molecular complexity index is 567. The van der Waals surface area contributed by atoms with Gasteiger partial charge in [-0.25, -0.2) is 0 Å². The second-order valence-electron chi connectivity index (χ2n) is 5.15. The molecule has 0 aliphatic carbocycles. The molecule has 5 nitrogen and oxygen atoms in total. The highest BCUT2D eigenvalue weighted by molar-refractivity contribution is 9.09. The number of hydrogen-bond acceptors (Lipinski definition) is 5. The van der Waals surface area contributed by atoms with Crippen LogP contribution in [0.1, 0.15) is 41.8 Å². The summed E-state index contributed by atoms with van der Waals surface area (Å²) < 4.78 is 0. The van der Waals surface area contributed by atoms with Gasteiger partial charge in [0.25, 0.3) is 0 Å². The minimum absolute atomic E-state index is 0.0856. The minimum Gasteiger partial charge on any atom is -0.387 e. The van der Waals surface area contributed by atoms with Gasteiger partial charge in [0.1, 0.15) is 0 Å². The van der Waals surface area contributed by atoms with Crippen molar-refractivity contribution in [3.8, 4) is 0 Å². The van der Waals surface area contributed by atoms with Crippen molar-refractivity contribution in [2.75, 3.05) is 18.4 Å². The van der Waals surface area contributed by atoms with Crippen molar-refractivity contribution >= 4 is 21.7 Å². The molecule has 0 radical (unpaired) electrons. The van der Waals surface area contributed by atoms with Gasteiger partial charge >= 0.3 is 0 Å². The summed E-state index contributed by atoms with van der Waals surface area (Å²) in [5, 5.41) is 13.3. The number of nitrogens with zero attached hydrogens (tertiary/aromatic N) is 2. The molecule has 2 aromatic heterocycles. The Morgan fingerprint density at radius 3 is 2.29 bits per heavy atom. The number of Topliss-reactive ketones (excluding diaryl/α,β-unsaturated/α-hetero) is 1. The molecule has 2 aromatic rings. The third kappa shape index (κ3) is 8.29. The number of aromatic nitrogens is 2. The van der Waals surface area contributed by atoms with Crippen LogP contribution in [0, 0.1) is 0 Å². The van der Waals surface area contributed by atoms with Crippen LogP contribution in [0.2, 0.25) is 0 Å². The maximum absolute atomic E-state index is 10.9. The maximum Gasteiger partial charge on any atom is 0.173 e. The van der Waals surface area contributed by atoms with E-state index >= 15 is 0 Å². The van der Waals surface area contributed by atoms with E-state index in [4.69, 9.17) is 0 Å². The fourth-order valence-corrected chi connectivity index (χ4v) is 2.18. The standard InChI is InChI=1S/C11H18N2O.C7H6BrNO/c1-2-3-6-13-9-11(14)10-4-7-12-8-5-10;8-5-7(10)6-1-3-9-4-2-6/h4-5,7-8,11,13-14H,2-3,6,9H2,1H3;1-4H,5H2. The molecule has 0 aliphatic rings. The monoisotopic (exact) mass is 393 g/mol. The van der Waals surface area contributed by atoms with Crippen molar-refractivity contribution in [1.29, 1.82) is 0 Å². The Kier molecular flexibility index (Phi) is 10.8. The number of rotatable bonds is 8. The van der Waals surface area contributed by atoms with Gasteiger partial charge < -0.3 is 10.4 Å². The number of alkyl halides is 1. The molecule has 0 aromatic carbocycles. The summed E-state index contributed by atoms with van der Waals surface area (Å²) in [5.41, 5.74) is 1.62. The van der Waals surface area contributed by atoms with Gasteiger partial charge in [-0.15, -0.1) is 0 Å². The van der Waals surface area contributed by atoms with Crippen LogP contribution in [-0.4, -0.2) is 39.3 Å². The Balaban J connectivity index is 0.000000254. The Hall–Kier alpha value is -1.63. The second-order valence-corrected chi connectivity index (χ2v) is 5.71. The molecule has 2 heterocycles. The number of ketones is 1. The number of unbranched alkanes of at least 4 members (excludes halogenated alkanes) is 1. The lowest BCUT2D eigenvalue weighted by Gasteiger charge is -2.11. The van der Waals surface area contributed by atoms with Gasteiger partial charge in [0.2, 0.25) is 0 Å². The number of nitrogens with one attached hydrogen (secondary N) is 1. The average molecular weight is 394 g/mol. The van der Waals surface area contributed by atoms with Crippen LogP contribution in [0.3, 0.4) is 0 Å². The first kappa shape index (κ1) is 20.4. The third-order valence-corrected chi connectivity index (χ3v) is 3.77. The molecule has 24 heavy (non-hydrogen) atoms. The zero-order valence-corrected chi connectivity index (χ0v) is 15.4. The van der Waals surface area contributed by atoms with E-state index < -0.39 is 6.10 Å². The summed E-state index contributed by atoms with van der Waals surface area (Å²) in [7, 11) is 0. The molecule has 1 atom stereocenters. The van der Waals surface area contributed by atoms with Crippen LogP contribution < -0.4 is 5.32 Å². The number of aliphatic hydroxyl groups is 1. The van der Waals surface area contributed by atoms with Crippen LogP contribution in [0.25, 0.3) is 0 Å². The van der Waals surface area contributed by atoms with Gasteiger partial charge in [-0.3, -0.25) is 14.8 Å². The van der Waals surface area contributed by atoms with Gasteiger partial charge in [0, 0.05) is 36.9 Å². The van der Waals surface area contributed by atoms with E-state index in [0.717, 1.165) is 18.5 Å². The predicted molar refractivity (Wildman–Crippen MR) is 99.3 cm³/mol. The molecule has 0 spiro atoms. The van der Waals surface area contributed by atoms with Crippen LogP contribution in [0.5, 0.6) is 0 Å². The molecule has 0 aliphatic heterocycles. The highest BCUT2D eigenvalue weighted by atomic mass is 79.9. The predicted octanol–water partition coefficient (Wildman–Crippen LogP) is 3.16. The molecule has 1 unspecified atom stereocenters. The van der Waals surface area contributed by atoms with Crippen molar-refractivity contribution in [3.63, 3.8) is 0 Å². The molecular formula is C18H24BrN3O2. The Labute approximate surface area is 151 Å². The number of hydrogen-bond donors (Lipinski definition) is 2. The maximum atomic E-state index is 10.9. The molecule has 0 amide bonds. The van der Waals surface area contributed by atoms with Crippen molar-refractivity contribution < 1.29 is 9.90 Å². The van der Waals surface area contributed by atoms with Gasteiger partial charge in [-0.05, 0) is 42.8 Å². The van der Waals surface area contributed by atoms with Crippen molar-refractivity contribution in [2.24, 2.45) is 0 Å². The molecule has 0 saturated carbocycles. The third-order valence-electron chi connectivity index (χ3n) is 3.26. The fourth-order valence-electron chi connectivity index (χ4n) is 1.86. The van der Waals surface area contributed by atoms with Gasteiger partial charge in [-0.1, -0.05) is 29.3 Å². The van der Waals surface area contributed by atoms with E-state index in [-0.39, 0.29) is 5.78 Å². The fraction of sp³-hybridized carbons (Fsp3) is 0.389. The molecule has 6 heteroatoms. The highest BCUT2D eigenvalue weighted by Crippen LogP contribution is 2.09. The van der Waals surface area contributed by atoms with Crippen molar-refractivity contribution in [3.05, 3.63) is 60.2 Å². The van der Waals surface area contributed by atoms with Crippen LogP contribution in [0.4, 0.5) is 0 Å².